The molecule has 1 amide bonds. The molecule has 0 saturated heterocycles. The minimum absolute atomic E-state index is 0.0890. The Balaban J connectivity index is 1.65. The van der Waals surface area contributed by atoms with Crippen molar-refractivity contribution in [2.45, 2.75) is 20.4 Å². The summed E-state index contributed by atoms with van der Waals surface area (Å²) in [5.74, 6) is 0.714. The molecular formula is C25H24N2O2S. The number of amides is 1. The number of nitrogens with zero attached hydrogens (tertiary/aromatic N) is 1. The first kappa shape index (κ1) is 20.0. The summed E-state index contributed by atoms with van der Waals surface area (Å²) < 4.78 is 7.69. The van der Waals surface area contributed by atoms with Crippen LogP contribution in [0, 0.1) is 6.92 Å². The first-order valence-electron chi connectivity index (χ1n) is 9.98. The van der Waals surface area contributed by atoms with Gasteiger partial charge in [-0.1, -0.05) is 48.0 Å². The molecule has 0 bridgehead atoms. The van der Waals surface area contributed by atoms with E-state index in [-0.39, 0.29) is 5.91 Å². The van der Waals surface area contributed by atoms with Gasteiger partial charge in [-0.3, -0.25) is 4.79 Å². The van der Waals surface area contributed by atoms with Gasteiger partial charge in [0.1, 0.15) is 10.6 Å². The van der Waals surface area contributed by atoms with Crippen LogP contribution in [0.25, 0.3) is 16.8 Å². The van der Waals surface area contributed by atoms with Crippen molar-refractivity contribution in [1.82, 2.24) is 9.88 Å². The largest absolute Gasteiger partial charge is 0.494 e. The van der Waals surface area contributed by atoms with Crippen molar-refractivity contribution < 1.29 is 9.53 Å². The number of thiophene rings is 1. The van der Waals surface area contributed by atoms with Crippen LogP contribution in [0.2, 0.25) is 0 Å². The van der Waals surface area contributed by atoms with Crippen molar-refractivity contribution in [2.24, 2.45) is 0 Å². The fraction of sp³-hybridized carbons (Fsp3) is 0.160. The molecule has 0 atom stereocenters. The topological polar surface area (TPSA) is 43.3 Å². The molecule has 0 aliphatic carbocycles. The van der Waals surface area contributed by atoms with Gasteiger partial charge in [0.05, 0.1) is 12.3 Å². The lowest BCUT2D eigenvalue weighted by atomic mass is 10.0. The average Bonchev–Trinajstić information content (AvgIpc) is 3.42. The van der Waals surface area contributed by atoms with Crippen LogP contribution in [0.1, 0.15) is 27.7 Å². The average molecular weight is 417 g/mol. The van der Waals surface area contributed by atoms with Crippen LogP contribution in [-0.2, 0) is 6.54 Å². The highest BCUT2D eigenvalue weighted by Crippen LogP contribution is 2.35. The predicted octanol–water partition coefficient (Wildman–Crippen LogP) is 5.84. The Labute approximate surface area is 180 Å². The zero-order valence-electron chi connectivity index (χ0n) is 17.1. The predicted molar refractivity (Wildman–Crippen MR) is 123 cm³/mol. The van der Waals surface area contributed by atoms with Gasteiger partial charge in [0.25, 0.3) is 5.91 Å². The number of para-hydroxylation sites is 1. The molecule has 152 valence electrons. The Bertz CT molecular complexity index is 1150. The van der Waals surface area contributed by atoms with Gasteiger partial charge in [-0.2, -0.15) is 0 Å². The van der Waals surface area contributed by atoms with Gasteiger partial charge in [-0.15, -0.1) is 11.3 Å². The summed E-state index contributed by atoms with van der Waals surface area (Å²) in [4.78, 5) is 13.9. The summed E-state index contributed by atoms with van der Waals surface area (Å²) in [6.07, 6.45) is 3.95. The van der Waals surface area contributed by atoms with Crippen molar-refractivity contribution >= 4 is 17.2 Å². The maximum atomic E-state index is 13.2. The molecule has 2 aromatic carbocycles. The fourth-order valence-electron chi connectivity index (χ4n) is 3.47. The number of carbonyl (C=O) groups is 1. The van der Waals surface area contributed by atoms with Gasteiger partial charge in [0, 0.05) is 35.4 Å². The summed E-state index contributed by atoms with van der Waals surface area (Å²) in [6, 6.07) is 20.1. The fourth-order valence-corrected chi connectivity index (χ4v) is 4.46. The van der Waals surface area contributed by atoms with E-state index in [9.17, 15) is 4.79 Å². The van der Waals surface area contributed by atoms with Crippen LogP contribution in [0.15, 0.2) is 78.4 Å². The van der Waals surface area contributed by atoms with Crippen LogP contribution in [0.4, 0.5) is 0 Å². The third-order valence-electron chi connectivity index (χ3n) is 4.87. The van der Waals surface area contributed by atoms with E-state index in [4.69, 9.17) is 4.74 Å². The van der Waals surface area contributed by atoms with Crippen molar-refractivity contribution in [3.05, 3.63) is 94.4 Å². The molecule has 0 fully saturated rings. The molecule has 5 heteroatoms. The Morgan fingerprint density at radius 2 is 1.87 bits per heavy atom. The van der Waals surface area contributed by atoms with Crippen molar-refractivity contribution in [2.75, 3.05) is 6.61 Å². The van der Waals surface area contributed by atoms with Gasteiger partial charge in [0.2, 0.25) is 0 Å². The van der Waals surface area contributed by atoms with Gasteiger partial charge in [0.15, 0.2) is 0 Å². The molecule has 0 saturated carbocycles. The molecule has 1 N–H and O–H groups in total. The number of aryl methyl sites for hydroxylation is 1. The number of nitrogens with one attached hydrogen (secondary N) is 1. The zero-order valence-corrected chi connectivity index (χ0v) is 17.9. The van der Waals surface area contributed by atoms with Crippen LogP contribution >= 0.6 is 11.3 Å². The molecule has 30 heavy (non-hydrogen) atoms. The number of aromatic nitrogens is 1. The normalized spacial score (nSPS) is 10.7. The van der Waals surface area contributed by atoms with Crippen molar-refractivity contribution in [1.29, 1.82) is 0 Å². The van der Waals surface area contributed by atoms with Crippen LogP contribution in [0.5, 0.6) is 5.75 Å². The molecule has 4 nitrogen and oxygen atoms in total. The number of carbonyl (C=O) groups excluding carboxylic acids is 1. The van der Waals surface area contributed by atoms with Crippen molar-refractivity contribution in [3.8, 4) is 22.6 Å². The monoisotopic (exact) mass is 416 g/mol. The highest BCUT2D eigenvalue weighted by atomic mass is 32.1. The number of rotatable bonds is 7. The molecule has 4 rings (SSSR count). The highest BCUT2D eigenvalue weighted by Gasteiger charge is 2.20. The smallest absolute Gasteiger partial charge is 0.263 e. The standard InChI is InChI=1S/C25H24N2O2S/c1-3-29-22-12-5-4-10-20(22)16-26-25(28)24-23(27-13-6-7-14-27)21(17-30-24)19-11-8-9-18(2)15-19/h4-15,17H,3,16H2,1-2H3,(H,26,28). The maximum Gasteiger partial charge on any atom is 0.263 e. The Morgan fingerprint density at radius 3 is 2.63 bits per heavy atom. The van der Waals surface area contributed by atoms with Crippen LogP contribution in [-0.4, -0.2) is 17.1 Å². The molecule has 0 aliphatic rings. The van der Waals surface area contributed by atoms with Gasteiger partial charge in [-0.05, 0) is 37.6 Å². The third kappa shape index (κ3) is 4.16. The van der Waals surface area contributed by atoms with Crippen molar-refractivity contribution in [3.63, 3.8) is 0 Å². The number of hydrogen-bond donors (Lipinski definition) is 1. The highest BCUT2D eigenvalue weighted by molar-refractivity contribution is 7.13. The molecule has 0 aliphatic heterocycles. The Kier molecular flexibility index (Phi) is 6.00. The molecule has 0 spiro atoms. The van der Waals surface area contributed by atoms with E-state index in [2.05, 4.69) is 35.8 Å². The zero-order chi connectivity index (χ0) is 20.9. The number of benzene rings is 2. The molecule has 0 unspecified atom stereocenters. The SMILES string of the molecule is CCOc1ccccc1CNC(=O)c1scc(-c2cccc(C)c2)c1-n1cccc1. The third-order valence-corrected chi connectivity index (χ3v) is 5.84. The summed E-state index contributed by atoms with van der Waals surface area (Å²) in [5, 5.41) is 5.13. The van der Waals surface area contributed by atoms with E-state index >= 15 is 0 Å². The number of hydrogen-bond acceptors (Lipinski definition) is 3. The Hall–Kier alpha value is -3.31. The first-order valence-corrected chi connectivity index (χ1v) is 10.9. The van der Waals surface area contributed by atoms with Gasteiger partial charge >= 0.3 is 0 Å². The minimum atomic E-state index is -0.0890. The van der Waals surface area contributed by atoms with E-state index in [1.165, 1.54) is 16.9 Å². The van der Waals surface area contributed by atoms with E-state index < -0.39 is 0 Å². The Morgan fingerprint density at radius 1 is 1.07 bits per heavy atom. The maximum absolute atomic E-state index is 13.2. The summed E-state index contributed by atoms with van der Waals surface area (Å²) >= 11 is 1.47. The van der Waals surface area contributed by atoms with Gasteiger partial charge < -0.3 is 14.6 Å². The summed E-state index contributed by atoms with van der Waals surface area (Å²) in [6.45, 7) is 5.04. The second kappa shape index (κ2) is 9.01. The molecule has 2 aromatic heterocycles. The van der Waals surface area contributed by atoms with E-state index in [1.54, 1.807) is 0 Å². The summed E-state index contributed by atoms with van der Waals surface area (Å²) in [5.41, 5.74) is 5.23. The lowest BCUT2D eigenvalue weighted by Gasteiger charge is -2.12. The first-order chi connectivity index (χ1) is 14.7. The second-order valence-electron chi connectivity index (χ2n) is 7.01. The number of ether oxygens (including phenoxy) is 1. The lowest BCUT2D eigenvalue weighted by molar-refractivity contribution is 0.0954. The molecule has 2 heterocycles. The molecule has 0 radical (unpaired) electrons. The summed E-state index contributed by atoms with van der Waals surface area (Å²) in [7, 11) is 0. The van der Waals surface area contributed by atoms with Crippen LogP contribution < -0.4 is 10.1 Å². The van der Waals surface area contributed by atoms with E-state index in [0.29, 0.717) is 18.0 Å². The van der Waals surface area contributed by atoms with Crippen LogP contribution in [0.3, 0.4) is 0 Å². The second-order valence-corrected chi connectivity index (χ2v) is 7.89. The lowest BCUT2D eigenvalue weighted by Crippen LogP contribution is -2.23. The minimum Gasteiger partial charge on any atom is -0.494 e. The molecule has 4 aromatic rings. The van der Waals surface area contributed by atoms with E-state index in [1.807, 2.05) is 66.3 Å². The van der Waals surface area contributed by atoms with E-state index in [0.717, 1.165) is 28.1 Å². The van der Waals surface area contributed by atoms with Gasteiger partial charge in [-0.25, -0.2) is 0 Å². The quantitative estimate of drug-likeness (QED) is 0.411. The molecular weight excluding hydrogens is 392 g/mol.